The van der Waals surface area contributed by atoms with Gasteiger partial charge in [-0.15, -0.1) is 0 Å². The molecule has 8 aromatic rings. The zero-order valence-electron chi connectivity index (χ0n) is 24.8. The monoisotopic (exact) mass is 548 g/mol. The SMILES string of the molecule is Cc1cc2c(ccc3ccccc32)c(-c2cc3c(ccc4ccccc43)c(-c3ccccc3-c3ccccc3)c2C)c1C. The molecule has 8 rings (SSSR count). The molecule has 0 saturated heterocycles. The van der Waals surface area contributed by atoms with Crippen molar-refractivity contribution in [1.82, 2.24) is 0 Å². The summed E-state index contributed by atoms with van der Waals surface area (Å²) in [6.45, 7) is 6.89. The van der Waals surface area contributed by atoms with Gasteiger partial charge in [-0.1, -0.05) is 133 Å². The van der Waals surface area contributed by atoms with Gasteiger partial charge in [-0.05, 0) is 120 Å². The molecule has 0 radical (unpaired) electrons. The van der Waals surface area contributed by atoms with Crippen molar-refractivity contribution in [2.45, 2.75) is 20.8 Å². The topological polar surface area (TPSA) is 0 Å². The maximum absolute atomic E-state index is 2.47. The Morgan fingerprint density at radius 1 is 0.326 bits per heavy atom. The molecule has 0 aliphatic heterocycles. The Labute approximate surface area is 252 Å². The third kappa shape index (κ3) is 3.98. The van der Waals surface area contributed by atoms with Crippen molar-refractivity contribution in [1.29, 1.82) is 0 Å². The van der Waals surface area contributed by atoms with Gasteiger partial charge in [0, 0.05) is 0 Å². The second-order valence-corrected chi connectivity index (χ2v) is 11.8. The predicted octanol–water partition coefficient (Wildman–Crippen LogP) is 12.2. The van der Waals surface area contributed by atoms with Crippen LogP contribution in [0.1, 0.15) is 16.7 Å². The van der Waals surface area contributed by atoms with E-state index >= 15 is 0 Å². The molecule has 0 nitrogen and oxygen atoms in total. The minimum absolute atomic E-state index is 1.24. The molecule has 0 atom stereocenters. The van der Waals surface area contributed by atoms with Gasteiger partial charge < -0.3 is 0 Å². The van der Waals surface area contributed by atoms with Crippen molar-refractivity contribution in [3.05, 3.63) is 156 Å². The second-order valence-electron chi connectivity index (χ2n) is 11.8. The Bertz CT molecular complexity index is 2360. The molecule has 0 bridgehead atoms. The van der Waals surface area contributed by atoms with Crippen LogP contribution in [-0.2, 0) is 0 Å². The van der Waals surface area contributed by atoms with Crippen LogP contribution in [0, 0.1) is 20.8 Å². The normalized spacial score (nSPS) is 11.6. The summed E-state index contributed by atoms with van der Waals surface area (Å²) in [4.78, 5) is 0. The lowest BCUT2D eigenvalue weighted by Gasteiger charge is -2.22. The van der Waals surface area contributed by atoms with Crippen LogP contribution < -0.4 is 0 Å². The smallest absolute Gasteiger partial charge is 0.00635 e. The summed E-state index contributed by atoms with van der Waals surface area (Å²) in [7, 11) is 0. The maximum Gasteiger partial charge on any atom is -0.00635 e. The summed E-state index contributed by atoms with van der Waals surface area (Å²) in [5.74, 6) is 0. The molecule has 204 valence electrons. The Balaban J connectivity index is 1.56. The van der Waals surface area contributed by atoms with Crippen LogP contribution in [0.4, 0.5) is 0 Å². The van der Waals surface area contributed by atoms with Gasteiger partial charge in [0.05, 0.1) is 0 Å². The van der Waals surface area contributed by atoms with Crippen molar-refractivity contribution in [3.8, 4) is 33.4 Å². The molecule has 0 unspecified atom stereocenters. The fourth-order valence-corrected chi connectivity index (χ4v) is 7.18. The van der Waals surface area contributed by atoms with E-state index in [4.69, 9.17) is 0 Å². The lowest BCUT2D eigenvalue weighted by molar-refractivity contribution is 1.35. The van der Waals surface area contributed by atoms with Crippen molar-refractivity contribution in [3.63, 3.8) is 0 Å². The minimum atomic E-state index is 1.24. The van der Waals surface area contributed by atoms with Gasteiger partial charge in [0.15, 0.2) is 0 Å². The second kappa shape index (κ2) is 9.96. The third-order valence-corrected chi connectivity index (χ3v) is 9.43. The highest BCUT2D eigenvalue weighted by Gasteiger charge is 2.21. The third-order valence-electron chi connectivity index (χ3n) is 9.43. The maximum atomic E-state index is 2.47. The van der Waals surface area contributed by atoms with Gasteiger partial charge in [-0.2, -0.15) is 0 Å². The first-order valence-corrected chi connectivity index (χ1v) is 15.1. The highest BCUT2D eigenvalue weighted by atomic mass is 14.2. The van der Waals surface area contributed by atoms with Crippen molar-refractivity contribution in [2.24, 2.45) is 0 Å². The van der Waals surface area contributed by atoms with Crippen LogP contribution in [0.3, 0.4) is 0 Å². The highest BCUT2D eigenvalue weighted by molar-refractivity contribution is 6.18. The van der Waals surface area contributed by atoms with Gasteiger partial charge >= 0.3 is 0 Å². The summed E-state index contributed by atoms with van der Waals surface area (Å²) in [5.41, 5.74) is 11.7. The predicted molar refractivity (Wildman–Crippen MR) is 187 cm³/mol. The summed E-state index contributed by atoms with van der Waals surface area (Å²) >= 11 is 0. The van der Waals surface area contributed by atoms with Gasteiger partial charge in [-0.25, -0.2) is 0 Å². The fourth-order valence-electron chi connectivity index (χ4n) is 7.18. The number of rotatable bonds is 3. The number of benzene rings is 8. The molecule has 0 heteroatoms. The summed E-state index contributed by atoms with van der Waals surface area (Å²) in [6, 6.07) is 51.4. The van der Waals surface area contributed by atoms with Crippen LogP contribution >= 0.6 is 0 Å². The van der Waals surface area contributed by atoms with E-state index in [2.05, 4.69) is 160 Å². The van der Waals surface area contributed by atoms with Crippen molar-refractivity contribution in [2.75, 3.05) is 0 Å². The molecular formula is C43H32. The fraction of sp³-hybridized carbons (Fsp3) is 0.0698. The van der Waals surface area contributed by atoms with Crippen LogP contribution in [-0.4, -0.2) is 0 Å². The standard InChI is InChI=1S/C43H32/c1-27-25-40-34-18-9-7-15-31(34)21-23-37(40)42(28(27)2)39-26-41-35-19-10-8-16-32(35)22-24-38(41)43(29(39)3)36-20-12-11-17-33(36)30-13-5-4-6-14-30/h4-26H,1-3H3. The van der Waals surface area contributed by atoms with Crippen LogP contribution in [0.25, 0.3) is 76.5 Å². The first kappa shape index (κ1) is 25.5. The minimum Gasteiger partial charge on any atom is -0.0622 e. The molecule has 43 heavy (non-hydrogen) atoms. The molecule has 0 aliphatic carbocycles. The Morgan fingerprint density at radius 2 is 0.837 bits per heavy atom. The lowest BCUT2D eigenvalue weighted by atomic mass is 9.81. The molecule has 0 aliphatic rings. The largest absolute Gasteiger partial charge is 0.0622 e. The van der Waals surface area contributed by atoms with E-state index in [1.54, 1.807) is 0 Å². The van der Waals surface area contributed by atoms with E-state index in [1.807, 2.05) is 0 Å². The van der Waals surface area contributed by atoms with Gasteiger partial charge in [0.2, 0.25) is 0 Å². The van der Waals surface area contributed by atoms with Crippen molar-refractivity contribution < 1.29 is 0 Å². The van der Waals surface area contributed by atoms with E-state index in [0.29, 0.717) is 0 Å². The molecular weight excluding hydrogens is 516 g/mol. The molecule has 0 saturated carbocycles. The average molecular weight is 549 g/mol. The Kier molecular flexibility index (Phi) is 5.91. The summed E-state index contributed by atoms with van der Waals surface area (Å²) < 4.78 is 0. The molecule has 8 aromatic carbocycles. The molecule has 0 aromatic heterocycles. The van der Waals surface area contributed by atoms with Gasteiger partial charge in [0.25, 0.3) is 0 Å². The van der Waals surface area contributed by atoms with E-state index in [0.717, 1.165) is 0 Å². The summed E-state index contributed by atoms with van der Waals surface area (Å²) in [6.07, 6.45) is 0. The lowest BCUT2D eigenvalue weighted by Crippen LogP contribution is -1.97. The van der Waals surface area contributed by atoms with Crippen LogP contribution in [0.5, 0.6) is 0 Å². The number of hydrogen-bond acceptors (Lipinski definition) is 0. The average Bonchev–Trinajstić information content (AvgIpc) is 3.06. The highest BCUT2D eigenvalue weighted by Crippen LogP contribution is 2.46. The van der Waals surface area contributed by atoms with E-state index in [9.17, 15) is 0 Å². The quantitative estimate of drug-likeness (QED) is 0.193. The zero-order valence-corrected chi connectivity index (χ0v) is 24.8. The Hall–Kier alpha value is -5.20. The summed E-state index contributed by atoms with van der Waals surface area (Å²) in [5, 5.41) is 10.4. The van der Waals surface area contributed by atoms with Crippen LogP contribution in [0.2, 0.25) is 0 Å². The van der Waals surface area contributed by atoms with E-state index in [1.165, 1.54) is 93.2 Å². The van der Waals surface area contributed by atoms with Crippen molar-refractivity contribution >= 4 is 43.1 Å². The first-order valence-electron chi connectivity index (χ1n) is 15.1. The van der Waals surface area contributed by atoms with Gasteiger partial charge in [-0.3, -0.25) is 0 Å². The molecule has 0 heterocycles. The molecule has 0 N–H and O–H groups in total. The number of hydrogen-bond donors (Lipinski definition) is 0. The first-order chi connectivity index (χ1) is 21.1. The molecule has 0 fully saturated rings. The zero-order chi connectivity index (χ0) is 29.1. The Morgan fingerprint density at radius 3 is 1.49 bits per heavy atom. The molecule has 0 amide bonds. The van der Waals surface area contributed by atoms with Gasteiger partial charge in [0.1, 0.15) is 0 Å². The van der Waals surface area contributed by atoms with E-state index in [-0.39, 0.29) is 0 Å². The van der Waals surface area contributed by atoms with E-state index < -0.39 is 0 Å². The van der Waals surface area contributed by atoms with Crippen LogP contribution in [0.15, 0.2) is 140 Å². The molecule has 0 spiro atoms. The number of fused-ring (bicyclic) bond motifs is 6. The number of aryl methyl sites for hydroxylation is 1.